The van der Waals surface area contributed by atoms with Crippen molar-refractivity contribution in [3.05, 3.63) is 0 Å². The number of carbonyl (C=O) groups is 1. The van der Waals surface area contributed by atoms with E-state index in [2.05, 4.69) is 4.84 Å². The summed E-state index contributed by atoms with van der Waals surface area (Å²) in [7, 11) is 0. The van der Waals surface area contributed by atoms with Gasteiger partial charge in [0.1, 0.15) is 0 Å². The highest BCUT2D eigenvalue weighted by atomic mass is 16.6. The Bertz CT molecular complexity index is 163. The predicted molar refractivity (Wildman–Crippen MR) is 42.3 cm³/mol. The molecule has 2 N–H and O–H groups in total. The summed E-state index contributed by atoms with van der Waals surface area (Å²) in [5.74, 6) is 4.99. The molecule has 0 saturated carbocycles. The van der Waals surface area contributed by atoms with Gasteiger partial charge in [0, 0.05) is 6.54 Å². The van der Waals surface area contributed by atoms with E-state index < -0.39 is 0 Å². The highest BCUT2D eigenvalue weighted by Crippen LogP contribution is 2.11. The molecule has 5 nitrogen and oxygen atoms in total. The van der Waals surface area contributed by atoms with Crippen molar-refractivity contribution >= 4 is 6.09 Å². The maximum atomic E-state index is 11.1. The standard InChI is InChI=1S/C7H14N2O3/c1-2-11-7(10)9-4-3-6(5-9)12-8/h6H,2-5,8H2,1H3. The van der Waals surface area contributed by atoms with Crippen molar-refractivity contribution in [1.29, 1.82) is 0 Å². The molecule has 0 spiro atoms. The molecule has 1 rings (SSSR count). The van der Waals surface area contributed by atoms with Crippen LogP contribution in [0.1, 0.15) is 13.3 Å². The third-order valence-electron chi connectivity index (χ3n) is 1.86. The number of amides is 1. The minimum Gasteiger partial charge on any atom is -0.450 e. The number of rotatable bonds is 2. The Labute approximate surface area is 71.4 Å². The molecule has 70 valence electrons. The molecule has 1 heterocycles. The van der Waals surface area contributed by atoms with Crippen LogP contribution in [-0.2, 0) is 9.57 Å². The maximum absolute atomic E-state index is 11.1. The number of nitrogens with zero attached hydrogens (tertiary/aromatic N) is 1. The zero-order chi connectivity index (χ0) is 8.97. The molecule has 1 amide bonds. The summed E-state index contributed by atoms with van der Waals surface area (Å²) in [6, 6.07) is 0. The Kier molecular flexibility index (Phi) is 3.31. The van der Waals surface area contributed by atoms with E-state index in [0.717, 1.165) is 6.42 Å². The third-order valence-corrected chi connectivity index (χ3v) is 1.86. The maximum Gasteiger partial charge on any atom is 0.409 e. The van der Waals surface area contributed by atoms with Crippen LogP contribution in [0.2, 0.25) is 0 Å². The molecule has 0 aromatic rings. The molecule has 1 aliphatic rings. The molecule has 1 aliphatic heterocycles. The van der Waals surface area contributed by atoms with Crippen LogP contribution in [0.25, 0.3) is 0 Å². The average Bonchev–Trinajstić information content (AvgIpc) is 2.52. The monoisotopic (exact) mass is 174 g/mol. The van der Waals surface area contributed by atoms with E-state index >= 15 is 0 Å². The van der Waals surface area contributed by atoms with Crippen LogP contribution in [0, 0.1) is 0 Å². The van der Waals surface area contributed by atoms with E-state index in [1.54, 1.807) is 11.8 Å². The quantitative estimate of drug-likeness (QED) is 0.603. The number of nitrogens with two attached hydrogens (primary N) is 1. The summed E-state index contributed by atoms with van der Waals surface area (Å²) in [6.07, 6.45) is 0.474. The van der Waals surface area contributed by atoms with E-state index in [4.69, 9.17) is 10.6 Å². The van der Waals surface area contributed by atoms with Gasteiger partial charge in [0.05, 0.1) is 19.3 Å². The van der Waals surface area contributed by atoms with Crippen LogP contribution in [0.5, 0.6) is 0 Å². The van der Waals surface area contributed by atoms with E-state index in [9.17, 15) is 4.79 Å². The van der Waals surface area contributed by atoms with Gasteiger partial charge in [-0.2, -0.15) is 0 Å². The summed E-state index contributed by atoms with van der Waals surface area (Å²) in [5, 5.41) is 0. The van der Waals surface area contributed by atoms with Crippen LogP contribution in [0.3, 0.4) is 0 Å². The highest BCUT2D eigenvalue weighted by molar-refractivity contribution is 5.67. The number of hydrogen-bond donors (Lipinski definition) is 1. The van der Waals surface area contributed by atoms with E-state index in [0.29, 0.717) is 19.7 Å². The molecule has 1 fully saturated rings. The van der Waals surface area contributed by atoms with E-state index in [-0.39, 0.29) is 12.2 Å². The van der Waals surface area contributed by atoms with Crippen LogP contribution in [-0.4, -0.2) is 36.8 Å². The lowest BCUT2D eigenvalue weighted by molar-refractivity contribution is 0.0557. The van der Waals surface area contributed by atoms with Gasteiger partial charge in [-0.15, -0.1) is 0 Å². The van der Waals surface area contributed by atoms with Crippen LogP contribution in [0.15, 0.2) is 0 Å². The Morgan fingerprint density at radius 2 is 2.50 bits per heavy atom. The van der Waals surface area contributed by atoms with Crippen LogP contribution in [0.4, 0.5) is 4.79 Å². The van der Waals surface area contributed by atoms with Gasteiger partial charge in [0.2, 0.25) is 0 Å². The van der Waals surface area contributed by atoms with Crippen molar-refractivity contribution in [2.45, 2.75) is 19.4 Å². The van der Waals surface area contributed by atoms with Crippen LogP contribution < -0.4 is 5.90 Å². The zero-order valence-corrected chi connectivity index (χ0v) is 7.16. The van der Waals surface area contributed by atoms with E-state index in [1.807, 2.05) is 0 Å². The molecule has 5 heteroatoms. The third kappa shape index (κ3) is 2.09. The van der Waals surface area contributed by atoms with Gasteiger partial charge in [-0.25, -0.2) is 10.7 Å². The summed E-state index contributed by atoms with van der Waals surface area (Å²) in [5.41, 5.74) is 0. The van der Waals surface area contributed by atoms with Gasteiger partial charge in [-0.1, -0.05) is 0 Å². The van der Waals surface area contributed by atoms with Crippen molar-refractivity contribution in [3.63, 3.8) is 0 Å². The van der Waals surface area contributed by atoms with Gasteiger partial charge >= 0.3 is 6.09 Å². The molecule has 0 aromatic heterocycles. The lowest BCUT2D eigenvalue weighted by Crippen LogP contribution is -2.31. The topological polar surface area (TPSA) is 64.8 Å². The first-order valence-corrected chi connectivity index (χ1v) is 4.05. The fourth-order valence-electron chi connectivity index (χ4n) is 1.22. The van der Waals surface area contributed by atoms with Crippen molar-refractivity contribution < 1.29 is 14.4 Å². The number of carbonyl (C=O) groups excluding carboxylic acids is 1. The lowest BCUT2D eigenvalue weighted by atomic mass is 10.3. The predicted octanol–water partition coefficient (Wildman–Crippen LogP) is 0.108. The minimum atomic E-state index is -0.281. The summed E-state index contributed by atoms with van der Waals surface area (Å²) >= 11 is 0. The lowest BCUT2D eigenvalue weighted by Gasteiger charge is -2.14. The number of hydrogen-bond acceptors (Lipinski definition) is 4. The minimum absolute atomic E-state index is 0.0330. The first kappa shape index (κ1) is 9.28. The molecule has 0 radical (unpaired) electrons. The second-order valence-electron chi connectivity index (χ2n) is 2.69. The zero-order valence-electron chi connectivity index (χ0n) is 7.16. The van der Waals surface area contributed by atoms with E-state index in [1.165, 1.54) is 0 Å². The van der Waals surface area contributed by atoms with Gasteiger partial charge in [0.15, 0.2) is 0 Å². The Balaban J connectivity index is 2.31. The van der Waals surface area contributed by atoms with Crippen molar-refractivity contribution in [1.82, 2.24) is 4.90 Å². The van der Waals surface area contributed by atoms with Crippen molar-refractivity contribution in [3.8, 4) is 0 Å². The smallest absolute Gasteiger partial charge is 0.409 e. The van der Waals surface area contributed by atoms with Gasteiger partial charge in [-0.05, 0) is 13.3 Å². The normalized spacial score (nSPS) is 22.8. The van der Waals surface area contributed by atoms with Crippen molar-refractivity contribution in [2.24, 2.45) is 5.90 Å². The molecule has 12 heavy (non-hydrogen) atoms. The second-order valence-corrected chi connectivity index (χ2v) is 2.69. The molecule has 1 atom stereocenters. The molecule has 0 aliphatic carbocycles. The summed E-state index contributed by atoms with van der Waals surface area (Å²) in [6.45, 7) is 3.39. The van der Waals surface area contributed by atoms with Crippen LogP contribution >= 0.6 is 0 Å². The Morgan fingerprint density at radius 3 is 3.00 bits per heavy atom. The fraction of sp³-hybridized carbons (Fsp3) is 0.857. The molecule has 1 saturated heterocycles. The molecule has 0 bridgehead atoms. The molecular weight excluding hydrogens is 160 g/mol. The summed E-state index contributed by atoms with van der Waals surface area (Å²) in [4.78, 5) is 17.3. The fourth-order valence-corrected chi connectivity index (χ4v) is 1.22. The average molecular weight is 174 g/mol. The Hall–Kier alpha value is -0.810. The number of likely N-dealkylation sites (tertiary alicyclic amines) is 1. The van der Waals surface area contributed by atoms with Gasteiger partial charge < -0.3 is 9.64 Å². The van der Waals surface area contributed by atoms with Gasteiger partial charge in [-0.3, -0.25) is 4.84 Å². The number of ether oxygens (including phenoxy) is 1. The highest BCUT2D eigenvalue weighted by Gasteiger charge is 2.27. The van der Waals surface area contributed by atoms with Crippen molar-refractivity contribution in [2.75, 3.05) is 19.7 Å². The SMILES string of the molecule is CCOC(=O)N1CCC(ON)C1. The molecule has 1 unspecified atom stereocenters. The summed E-state index contributed by atoms with van der Waals surface area (Å²) < 4.78 is 4.81. The molecular formula is C7H14N2O3. The first-order valence-electron chi connectivity index (χ1n) is 4.05. The Morgan fingerprint density at radius 1 is 1.75 bits per heavy atom. The molecule has 0 aromatic carbocycles. The largest absolute Gasteiger partial charge is 0.450 e. The first-order chi connectivity index (χ1) is 5.77. The second kappa shape index (κ2) is 4.27. The van der Waals surface area contributed by atoms with Gasteiger partial charge in [0.25, 0.3) is 0 Å².